The summed E-state index contributed by atoms with van der Waals surface area (Å²) in [6, 6.07) is 13.6. The van der Waals surface area contributed by atoms with Gasteiger partial charge in [-0.3, -0.25) is 9.69 Å². The minimum atomic E-state index is -0.0113. The van der Waals surface area contributed by atoms with E-state index in [1.54, 1.807) is 4.90 Å². The molecule has 3 aromatic rings. The molecular weight excluding hydrogens is 370 g/mol. The molecular formula is C22H27N3O2S. The fourth-order valence-electron chi connectivity index (χ4n) is 2.95. The number of aryl methyl sites for hydroxylation is 1. The van der Waals surface area contributed by atoms with Crippen molar-refractivity contribution in [2.24, 2.45) is 0 Å². The van der Waals surface area contributed by atoms with E-state index in [0.29, 0.717) is 18.7 Å². The molecule has 0 fully saturated rings. The van der Waals surface area contributed by atoms with E-state index in [-0.39, 0.29) is 5.91 Å². The summed E-state index contributed by atoms with van der Waals surface area (Å²) in [6.07, 6.45) is 0.880. The molecule has 0 N–H and O–H groups in total. The summed E-state index contributed by atoms with van der Waals surface area (Å²) in [4.78, 5) is 21.9. The van der Waals surface area contributed by atoms with Gasteiger partial charge in [0, 0.05) is 12.1 Å². The normalized spacial score (nSPS) is 11.2. The average molecular weight is 398 g/mol. The van der Waals surface area contributed by atoms with E-state index in [9.17, 15) is 4.79 Å². The van der Waals surface area contributed by atoms with Crippen LogP contribution in [-0.4, -0.2) is 49.6 Å². The van der Waals surface area contributed by atoms with Crippen molar-refractivity contribution in [3.8, 4) is 5.75 Å². The van der Waals surface area contributed by atoms with E-state index in [1.165, 1.54) is 11.3 Å². The molecule has 2 aromatic carbocycles. The van der Waals surface area contributed by atoms with Gasteiger partial charge in [-0.2, -0.15) is 0 Å². The Hall–Kier alpha value is -2.44. The number of carbonyl (C=O) groups is 1. The summed E-state index contributed by atoms with van der Waals surface area (Å²) in [5.41, 5.74) is 2.71. The van der Waals surface area contributed by atoms with E-state index in [2.05, 4.69) is 4.90 Å². The van der Waals surface area contributed by atoms with Gasteiger partial charge >= 0.3 is 0 Å². The van der Waals surface area contributed by atoms with Crippen molar-refractivity contribution in [3.05, 3.63) is 53.6 Å². The van der Waals surface area contributed by atoms with Crippen LogP contribution in [0.4, 0.5) is 5.13 Å². The first-order valence-corrected chi connectivity index (χ1v) is 10.4. The number of nitrogens with zero attached hydrogens (tertiary/aromatic N) is 3. The smallest absolute Gasteiger partial charge is 0.260 e. The number of hydrogen-bond acceptors (Lipinski definition) is 5. The van der Waals surface area contributed by atoms with Crippen LogP contribution in [0.2, 0.25) is 0 Å². The monoisotopic (exact) mass is 397 g/mol. The molecule has 5 nitrogen and oxygen atoms in total. The summed E-state index contributed by atoms with van der Waals surface area (Å²) < 4.78 is 6.62. The van der Waals surface area contributed by atoms with Crippen LogP contribution in [0.15, 0.2) is 42.5 Å². The number of hydrogen-bond donors (Lipinski definition) is 0. The van der Waals surface area contributed by atoms with Gasteiger partial charge in [0.25, 0.3) is 5.91 Å². The highest BCUT2D eigenvalue weighted by Crippen LogP contribution is 2.32. The second-order valence-corrected chi connectivity index (χ2v) is 8.05. The van der Waals surface area contributed by atoms with E-state index in [1.807, 2.05) is 70.4 Å². The molecule has 0 saturated carbocycles. The van der Waals surface area contributed by atoms with Crippen LogP contribution >= 0.6 is 11.3 Å². The van der Waals surface area contributed by atoms with Gasteiger partial charge in [0.15, 0.2) is 5.13 Å². The van der Waals surface area contributed by atoms with Crippen molar-refractivity contribution in [1.82, 2.24) is 9.88 Å². The van der Waals surface area contributed by atoms with Gasteiger partial charge in [0.05, 0.1) is 16.8 Å². The third kappa shape index (κ3) is 4.88. The van der Waals surface area contributed by atoms with Crippen LogP contribution in [0.25, 0.3) is 10.2 Å². The molecule has 1 aromatic heterocycles. The lowest BCUT2D eigenvalue weighted by Crippen LogP contribution is -2.33. The Balaban J connectivity index is 1.92. The predicted molar refractivity (Wildman–Crippen MR) is 117 cm³/mol. The summed E-state index contributed by atoms with van der Waals surface area (Å²) in [7, 11) is 4.08. The summed E-state index contributed by atoms with van der Waals surface area (Å²) in [6.45, 7) is 6.15. The summed E-state index contributed by atoms with van der Waals surface area (Å²) >= 11 is 1.53. The van der Waals surface area contributed by atoms with E-state index in [0.717, 1.165) is 39.6 Å². The van der Waals surface area contributed by atoms with Crippen molar-refractivity contribution in [2.75, 3.05) is 38.7 Å². The molecule has 0 aliphatic carbocycles. The first kappa shape index (κ1) is 20.3. The number of thiazole rings is 1. The van der Waals surface area contributed by atoms with Crippen molar-refractivity contribution in [2.45, 2.75) is 20.3 Å². The van der Waals surface area contributed by atoms with Gasteiger partial charge in [-0.25, -0.2) is 4.98 Å². The molecule has 0 saturated heterocycles. The molecule has 148 valence electrons. The van der Waals surface area contributed by atoms with Crippen molar-refractivity contribution < 1.29 is 9.53 Å². The van der Waals surface area contributed by atoms with Crippen LogP contribution in [0.3, 0.4) is 0 Å². The number of carbonyl (C=O) groups excluding carboxylic acids is 1. The third-order valence-electron chi connectivity index (χ3n) is 4.42. The average Bonchev–Trinajstić information content (AvgIpc) is 3.08. The van der Waals surface area contributed by atoms with E-state index < -0.39 is 0 Å². The molecule has 0 aliphatic heterocycles. The van der Waals surface area contributed by atoms with Crippen molar-refractivity contribution in [1.29, 1.82) is 0 Å². The van der Waals surface area contributed by atoms with Gasteiger partial charge in [-0.15, -0.1) is 0 Å². The van der Waals surface area contributed by atoms with Crippen LogP contribution in [0.1, 0.15) is 29.3 Å². The van der Waals surface area contributed by atoms with Crippen molar-refractivity contribution in [3.63, 3.8) is 0 Å². The predicted octanol–water partition coefficient (Wildman–Crippen LogP) is 4.60. The highest BCUT2D eigenvalue weighted by molar-refractivity contribution is 7.22. The molecule has 6 heteroatoms. The topological polar surface area (TPSA) is 45.7 Å². The zero-order chi connectivity index (χ0) is 20.1. The SMILES string of the molecule is CCOc1ccc2nc(N(CCCN(C)C)C(=O)c3ccc(C)cc3)sc2c1. The molecule has 0 atom stereocenters. The molecule has 0 radical (unpaired) electrons. The molecule has 0 aliphatic rings. The van der Waals surface area contributed by atoms with Gasteiger partial charge in [-0.1, -0.05) is 29.0 Å². The van der Waals surface area contributed by atoms with Gasteiger partial charge < -0.3 is 9.64 Å². The maximum Gasteiger partial charge on any atom is 0.260 e. The Bertz CT molecular complexity index is 935. The van der Waals surface area contributed by atoms with E-state index in [4.69, 9.17) is 9.72 Å². The number of benzene rings is 2. The maximum absolute atomic E-state index is 13.2. The molecule has 0 bridgehead atoms. The van der Waals surface area contributed by atoms with Crippen LogP contribution in [-0.2, 0) is 0 Å². The molecule has 3 rings (SSSR count). The standard InChI is InChI=1S/C22H27N3O2S/c1-5-27-18-11-12-19-20(15-18)28-22(23-19)25(14-6-13-24(3)4)21(26)17-9-7-16(2)8-10-17/h7-12,15H,5-6,13-14H2,1-4H3. The Morgan fingerprint density at radius 2 is 1.86 bits per heavy atom. The van der Waals surface area contributed by atoms with Crippen LogP contribution in [0.5, 0.6) is 5.75 Å². The highest BCUT2D eigenvalue weighted by Gasteiger charge is 2.21. The van der Waals surface area contributed by atoms with Gasteiger partial charge in [-0.05, 0) is 71.2 Å². The summed E-state index contributed by atoms with van der Waals surface area (Å²) in [5.74, 6) is 0.817. The van der Waals surface area contributed by atoms with Gasteiger partial charge in [0.2, 0.25) is 0 Å². The Morgan fingerprint density at radius 3 is 2.54 bits per heavy atom. The van der Waals surface area contributed by atoms with Crippen molar-refractivity contribution >= 4 is 32.6 Å². The fraction of sp³-hybridized carbons (Fsp3) is 0.364. The number of amides is 1. The number of ether oxygens (including phenoxy) is 1. The third-order valence-corrected chi connectivity index (χ3v) is 5.46. The number of aromatic nitrogens is 1. The lowest BCUT2D eigenvalue weighted by atomic mass is 10.1. The quantitative estimate of drug-likeness (QED) is 0.557. The number of fused-ring (bicyclic) bond motifs is 1. The number of anilines is 1. The molecule has 1 amide bonds. The minimum Gasteiger partial charge on any atom is -0.494 e. The van der Waals surface area contributed by atoms with Crippen LogP contribution < -0.4 is 9.64 Å². The molecule has 0 spiro atoms. The summed E-state index contributed by atoms with van der Waals surface area (Å²) in [5, 5.41) is 0.730. The second kappa shape index (κ2) is 9.17. The van der Waals surface area contributed by atoms with E-state index >= 15 is 0 Å². The minimum absolute atomic E-state index is 0.0113. The lowest BCUT2D eigenvalue weighted by molar-refractivity contribution is 0.0986. The Labute approximate surface area is 170 Å². The molecule has 0 unspecified atom stereocenters. The Morgan fingerprint density at radius 1 is 1.11 bits per heavy atom. The molecule has 28 heavy (non-hydrogen) atoms. The van der Waals surface area contributed by atoms with Crippen LogP contribution in [0, 0.1) is 6.92 Å². The first-order chi connectivity index (χ1) is 13.5. The Kier molecular flexibility index (Phi) is 6.65. The second-order valence-electron chi connectivity index (χ2n) is 7.04. The maximum atomic E-state index is 13.2. The highest BCUT2D eigenvalue weighted by atomic mass is 32.1. The first-order valence-electron chi connectivity index (χ1n) is 9.54. The number of rotatable bonds is 8. The lowest BCUT2D eigenvalue weighted by Gasteiger charge is -2.21. The zero-order valence-electron chi connectivity index (χ0n) is 16.9. The largest absolute Gasteiger partial charge is 0.494 e. The van der Waals surface area contributed by atoms with Gasteiger partial charge in [0.1, 0.15) is 5.75 Å². The zero-order valence-corrected chi connectivity index (χ0v) is 17.8. The fourth-order valence-corrected chi connectivity index (χ4v) is 3.96. The molecule has 1 heterocycles.